The summed E-state index contributed by atoms with van der Waals surface area (Å²) < 4.78 is 22.1. The van der Waals surface area contributed by atoms with Crippen LogP contribution in [0.15, 0.2) is 12.2 Å². The van der Waals surface area contributed by atoms with Crippen LogP contribution in [-0.4, -0.2) is 42.9 Å². The number of aliphatic carboxylic acids is 1. The van der Waals surface area contributed by atoms with Crippen molar-refractivity contribution >= 4 is 21.7 Å². The van der Waals surface area contributed by atoms with Gasteiger partial charge in [-0.1, -0.05) is 0 Å². The van der Waals surface area contributed by atoms with E-state index < -0.39 is 27.8 Å². The third-order valence-electron chi connectivity index (χ3n) is 1.96. The molecule has 0 radical (unpaired) electrons. The van der Waals surface area contributed by atoms with Crippen molar-refractivity contribution < 1.29 is 23.1 Å². The zero-order valence-electron chi connectivity index (χ0n) is 7.84. The molecule has 0 aliphatic carbocycles. The van der Waals surface area contributed by atoms with E-state index in [1.807, 2.05) is 0 Å². The molecule has 0 spiro atoms. The molecule has 1 fully saturated rings. The fourth-order valence-corrected chi connectivity index (χ4v) is 2.98. The molecular formula is C8H11NO5S. The Hall–Kier alpha value is -1.37. The van der Waals surface area contributed by atoms with Crippen LogP contribution >= 0.6 is 0 Å². The first kappa shape index (κ1) is 11.7. The smallest absolute Gasteiger partial charge is 0.328 e. The Kier molecular flexibility index (Phi) is 3.46. The maximum Gasteiger partial charge on any atom is 0.328 e. The van der Waals surface area contributed by atoms with Gasteiger partial charge in [0.15, 0.2) is 9.84 Å². The molecule has 0 aromatic carbocycles. The van der Waals surface area contributed by atoms with Gasteiger partial charge in [0.05, 0.1) is 11.5 Å². The molecule has 84 valence electrons. The van der Waals surface area contributed by atoms with Crippen molar-refractivity contribution in [1.29, 1.82) is 0 Å². The standard InChI is InChI=1S/C8H11NO5S/c10-7(1-2-8(11)12)9-6-3-4-15(13,14)5-6/h1-2,6H,3-5H2,(H,9,10)(H,11,12)/b2-1+/t6-/m1/s1. The minimum atomic E-state index is -3.03. The summed E-state index contributed by atoms with van der Waals surface area (Å²) in [4.78, 5) is 21.1. The second-order valence-electron chi connectivity index (χ2n) is 3.28. The van der Waals surface area contributed by atoms with Crippen molar-refractivity contribution in [2.75, 3.05) is 11.5 Å². The quantitative estimate of drug-likeness (QED) is 0.604. The Morgan fingerprint density at radius 3 is 2.47 bits per heavy atom. The van der Waals surface area contributed by atoms with Gasteiger partial charge in [0, 0.05) is 18.2 Å². The predicted octanol–water partition coefficient (Wildman–Crippen LogP) is -1.07. The van der Waals surface area contributed by atoms with Gasteiger partial charge in [-0.15, -0.1) is 0 Å². The molecule has 0 unspecified atom stereocenters. The first-order valence-corrected chi connectivity index (χ1v) is 6.13. The number of sulfone groups is 1. The number of carboxylic acid groups (broad SMARTS) is 1. The highest BCUT2D eigenvalue weighted by atomic mass is 32.2. The molecule has 7 heteroatoms. The van der Waals surface area contributed by atoms with Gasteiger partial charge >= 0.3 is 5.97 Å². The molecule has 0 aromatic rings. The van der Waals surface area contributed by atoms with Crippen molar-refractivity contribution in [2.45, 2.75) is 12.5 Å². The molecule has 1 atom stereocenters. The van der Waals surface area contributed by atoms with Gasteiger partial charge in [-0.2, -0.15) is 0 Å². The molecule has 1 aliphatic heterocycles. The number of carbonyl (C=O) groups excluding carboxylic acids is 1. The van der Waals surface area contributed by atoms with E-state index >= 15 is 0 Å². The lowest BCUT2D eigenvalue weighted by Gasteiger charge is -2.07. The first-order chi connectivity index (χ1) is 6.89. The zero-order chi connectivity index (χ0) is 11.5. The number of rotatable bonds is 3. The molecule has 2 N–H and O–H groups in total. The maximum atomic E-state index is 11.1. The predicted molar refractivity (Wildman–Crippen MR) is 52.0 cm³/mol. The van der Waals surface area contributed by atoms with Crippen LogP contribution in [0.3, 0.4) is 0 Å². The Balaban J connectivity index is 2.44. The summed E-state index contributed by atoms with van der Waals surface area (Å²) >= 11 is 0. The van der Waals surface area contributed by atoms with E-state index in [9.17, 15) is 18.0 Å². The van der Waals surface area contributed by atoms with E-state index in [2.05, 4.69) is 5.32 Å². The fraction of sp³-hybridized carbons (Fsp3) is 0.500. The summed E-state index contributed by atoms with van der Waals surface area (Å²) in [6, 6.07) is -0.402. The average molecular weight is 233 g/mol. The lowest BCUT2D eigenvalue weighted by molar-refractivity contribution is -0.131. The van der Waals surface area contributed by atoms with E-state index in [1.165, 1.54) is 0 Å². The van der Waals surface area contributed by atoms with Crippen LogP contribution in [0.5, 0.6) is 0 Å². The van der Waals surface area contributed by atoms with E-state index in [0.717, 1.165) is 6.08 Å². The van der Waals surface area contributed by atoms with Crippen LogP contribution in [-0.2, 0) is 19.4 Å². The molecule has 1 amide bonds. The van der Waals surface area contributed by atoms with Crippen LogP contribution in [0.1, 0.15) is 6.42 Å². The number of hydrogen-bond donors (Lipinski definition) is 2. The lowest BCUT2D eigenvalue weighted by atomic mass is 10.2. The van der Waals surface area contributed by atoms with Crippen molar-refractivity contribution in [3.8, 4) is 0 Å². The van der Waals surface area contributed by atoms with Gasteiger partial charge in [0.1, 0.15) is 0 Å². The van der Waals surface area contributed by atoms with Gasteiger partial charge < -0.3 is 10.4 Å². The molecule has 1 aliphatic rings. The van der Waals surface area contributed by atoms with Crippen LogP contribution in [0.25, 0.3) is 0 Å². The van der Waals surface area contributed by atoms with Crippen molar-refractivity contribution in [1.82, 2.24) is 5.32 Å². The summed E-state index contributed by atoms with van der Waals surface area (Å²) in [5.74, 6) is -1.80. The second-order valence-corrected chi connectivity index (χ2v) is 5.51. The summed E-state index contributed by atoms with van der Waals surface area (Å²) in [7, 11) is -3.03. The van der Waals surface area contributed by atoms with Gasteiger partial charge in [-0.3, -0.25) is 4.79 Å². The molecule has 1 heterocycles. The van der Waals surface area contributed by atoms with E-state index in [4.69, 9.17) is 5.11 Å². The van der Waals surface area contributed by atoms with Crippen LogP contribution in [0, 0.1) is 0 Å². The van der Waals surface area contributed by atoms with Gasteiger partial charge in [-0.25, -0.2) is 13.2 Å². The van der Waals surface area contributed by atoms with Crippen LogP contribution in [0.4, 0.5) is 0 Å². The number of carboxylic acids is 1. The minimum absolute atomic E-state index is 0.0698. The Bertz CT molecular complexity index is 397. The van der Waals surface area contributed by atoms with Crippen LogP contribution < -0.4 is 5.32 Å². The number of amides is 1. The van der Waals surface area contributed by atoms with E-state index in [0.29, 0.717) is 12.5 Å². The highest BCUT2D eigenvalue weighted by Gasteiger charge is 2.28. The van der Waals surface area contributed by atoms with Crippen LogP contribution in [0.2, 0.25) is 0 Å². The number of nitrogens with one attached hydrogen (secondary N) is 1. The Morgan fingerprint density at radius 1 is 1.33 bits per heavy atom. The van der Waals surface area contributed by atoms with Gasteiger partial charge in [0.2, 0.25) is 5.91 Å². The molecule has 0 bridgehead atoms. The normalized spacial score (nSPS) is 24.1. The first-order valence-electron chi connectivity index (χ1n) is 4.31. The topological polar surface area (TPSA) is 101 Å². The molecule has 0 aromatic heterocycles. The third-order valence-corrected chi connectivity index (χ3v) is 3.72. The number of carbonyl (C=O) groups is 2. The summed E-state index contributed by atoms with van der Waals surface area (Å²) in [6.45, 7) is 0. The largest absolute Gasteiger partial charge is 0.478 e. The van der Waals surface area contributed by atoms with Crippen molar-refractivity contribution in [3.05, 3.63) is 12.2 Å². The Labute approximate surface area is 86.9 Å². The SMILES string of the molecule is O=C(O)/C=C/C(=O)N[C@@H]1CCS(=O)(=O)C1. The zero-order valence-corrected chi connectivity index (χ0v) is 8.66. The highest BCUT2D eigenvalue weighted by Crippen LogP contribution is 2.10. The summed E-state index contributed by atoms with van der Waals surface area (Å²) in [5.41, 5.74) is 0. The fourth-order valence-electron chi connectivity index (χ4n) is 1.31. The van der Waals surface area contributed by atoms with E-state index in [-0.39, 0.29) is 11.5 Å². The highest BCUT2D eigenvalue weighted by molar-refractivity contribution is 7.91. The molecule has 1 rings (SSSR count). The second kappa shape index (κ2) is 4.43. The Morgan fingerprint density at radius 2 is 2.00 bits per heavy atom. The van der Waals surface area contributed by atoms with E-state index in [1.54, 1.807) is 0 Å². The van der Waals surface area contributed by atoms with Gasteiger partial charge in [0.25, 0.3) is 0 Å². The van der Waals surface area contributed by atoms with Crippen molar-refractivity contribution in [3.63, 3.8) is 0 Å². The summed E-state index contributed by atoms with van der Waals surface area (Å²) in [6.07, 6.45) is 1.96. The molecule has 1 saturated heterocycles. The monoisotopic (exact) mass is 233 g/mol. The minimum Gasteiger partial charge on any atom is -0.478 e. The van der Waals surface area contributed by atoms with Crippen molar-refractivity contribution in [2.24, 2.45) is 0 Å². The molecule has 6 nitrogen and oxygen atoms in total. The number of hydrogen-bond acceptors (Lipinski definition) is 4. The third kappa shape index (κ3) is 4.11. The maximum absolute atomic E-state index is 11.1. The summed E-state index contributed by atoms with van der Waals surface area (Å²) in [5, 5.41) is 10.7. The molecular weight excluding hydrogens is 222 g/mol. The molecule has 15 heavy (non-hydrogen) atoms. The van der Waals surface area contributed by atoms with Gasteiger partial charge in [-0.05, 0) is 6.42 Å². The average Bonchev–Trinajstić information content (AvgIpc) is 2.42. The molecule has 0 saturated carbocycles. The lowest BCUT2D eigenvalue weighted by Crippen LogP contribution is -2.34.